The van der Waals surface area contributed by atoms with E-state index >= 15 is 0 Å². The highest BCUT2D eigenvalue weighted by Crippen LogP contribution is 2.36. The molecule has 9 heteroatoms. The summed E-state index contributed by atoms with van der Waals surface area (Å²) in [6.45, 7) is 1.63. The van der Waals surface area contributed by atoms with Crippen LogP contribution in [0.5, 0.6) is 0 Å². The van der Waals surface area contributed by atoms with Crippen molar-refractivity contribution in [3.8, 4) is 0 Å². The highest BCUT2D eigenvalue weighted by atomic mass is 79.9. The maximum Gasteiger partial charge on any atom is 0.252 e. The van der Waals surface area contributed by atoms with E-state index < -0.39 is 10.0 Å². The van der Waals surface area contributed by atoms with Crippen LogP contribution >= 0.6 is 54.8 Å². The summed E-state index contributed by atoms with van der Waals surface area (Å²) in [5.41, 5.74) is 0. The molecule has 0 N–H and O–H groups in total. The van der Waals surface area contributed by atoms with Gasteiger partial charge in [0.05, 0.1) is 21.5 Å². The molecule has 1 aliphatic heterocycles. The quantitative estimate of drug-likeness (QED) is 0.620. The zero-order chi connectivity index (χ0) is 14.8. The van der Waals surface area contributed by atoms with Crippen molar-refractivity contribution in [1.29, 1.82) is 0 Å². The van der Waals surface area contributed by atoms with Crippen molar-refractivity contribution in [2.75, 3.05) is 25.0 Å². The molecule has 4 nitrogen and oxygen atoms in total. The lowest BCUT2D eigenvalue weighted by Gasteiger charge is -2.30. The largest absolute Gasteiger partial charge is 0.377 e. The molecule has 1 fully saturated rings. The third kappa shape index (κ3) is 3.97. The fourth-order valence-corrected chi connectivity index (χ4v) is 6.24. The second-order valence-electron chi connectivity index (χ2n) is 4.35. The molecule has 1 aliphatic rings. The van der Waals surface area contributed by atoms with Crippen molar-refractivity contribution in [1.82, 2.24) is 4.31 Å². The van der Waals surface area contributed by atoms with Gasteiger partial charge in [-0.25, -0.2) is 8.42 Å². The summed E-state index contributed by atoms with van der Waals surface area (Å²) in [5, 5.41) is 1.23. The number of sulfonamides is 1. The van der Waals surface area contributed by atoms with Crippen molar-refractivity contribution in [3.63, 3.8) is 0 Å². The maximum atomic E-state index is 12.5. The summed E-state index contributed by atoms with van der Waals surface area (Å²) in [7, 11) is -3.44. The Labute approximate surface area is 144 Å². The maximum absolute atomic E-state index is 12.5. The molecule has 0 bridgehead atoms. The summed E-state index contributed by atoms with van der Waals surface area (Å²) in [6, 6.07) is 1.50. The van der Waals surface area contributed by atoms with Crippen molar-refractivity contribution >= 4 is 64.8 Å². The van der Waals surface area contributed by atoms with Crippen LogP contribution in [0.2, 0.25) is 5.02 Å². The van der Waals surface area contributed by atoms with E-state index in [1.165, 1.54) is 10.4 Å². The lowest BCUT2D eigenvalue weighted by Crippen LogP contribution is -2.40. The predicted octanol–water partition coefficient (Wildman–Crippen LogP) is 3.73. The van der Waals surface area contributed by atoms with Crippen LogP contribution < -0.4 is 0 Å². The van der Waals surface area contributed by atoms with Crippen LogP contribution in [-0.4, -0.2) is 43.9 Å². The predicted molar refractivity (Wildman–Crippen MR) is 88.6 cm³/mol. The van der Waals surface area contributed by atoms with E-state index in [0.29, 0.717) is 28.5 Å². The van der Waals surface area contributed by atoms with Gasteiger partial charge >= 0.3 is 0 Å². The number of nitrogens with zero attached hydrogens (tertiary/aromatic N) is 1. The Bertz CT molecular complexity index is 537. The number of hydrogen-bond acceptors (Lipinski definition) is 4. The van der Waals surface area contributed by atoms with Gasteiger partial charge in [-0.2, -0.15) is 4.31 Å². The highest BCUT2D eigenvalue weighted by molar-refractivity contribution is 9.11. The molecule has 1 aromatic heterocycles. The first kappa shape index (κ1) is 17.2. The monoisotopic (exact) mass is 465 g/mol. The molecule has 2 rings (SSSR count). The second-order valence-corrected chi connectivity index (χ2v) is 10.1. The molecule has 0 spiro atoms. The zero-order valence-corrected chi connectivity index (χ0v) is 16.1. The lowest BCUT2D eigenvalue weighted by molar-refractivity contribution is 0.0309. The van der Waals surface area contributed by atoms with E-state index in [4.69, 9.17) is 16.3 Å². The number of piperidine rings is 1. The van der Waals surface area contributed by atoms with Gasteiger partial charge in [-0.15, -0.1) is 11.3 Å². The fourth-order valence-electron chi connectivity index (χ4n) is 2.03. The van der Waals surface area contributed by atoms with Gasteiger partial charge in [0, 0.05) is 18.4 Å². The minimum atomic E-state index is -3.44. The van der Waals surface area contributed by atoms with Crippen LogP contribution in [-0.2, 0) is 14.8 Å². The van der Waals surface area contributed by atoms with Crippen LogP contribution in [0.1, 0.15) is 12.8 Å². The van der Waals surface area contributed by atoms with Gasteiger partial charge in [-0.3, -0.25) is 0 Å². The van der Waals surface area contributed by atoms with Gasteiger partial charge in [0.1, 0.15) is 4.21 Å². The Balaban J connectivity index is 2.02. The first-order valence-electron chi connectivity index (χ1n) is 6.07. The summed E-state index contributed by atoms with van der Waals surface area (Å²) in [6.07, 6.45) is 1.61. The van der Waals surface area contributed by atoms with Gasteiger partial charge in [0.25, 0.3) is 10.0 Å². The molecule has 0 aromatic carbocycles. The van der Waals surface area contributed by atoms with Gasteiger partial charge in [-0.05, 0) is 34.8 Å². The van der Waals surface area contributed by atoms with Crippen molar-refractivity contribution in [2.45, 2.75) is 23.2 Å². The standard InChI is InChI=1S/C11H14Br2ClNO3S2/c12-3-6-18-8-1-4-15(5-2-8)20(16,17)10-7-9(14)11(13)19-10/h7-8H,1-6H2. The molecule has 1 saturated heterocycles. The van der Waals surface area contributed by atoms with E-state index in [-0.39, 0.29) is 10.3 Å². The normalized spacial score (nSPS) is 18.6. The summed E-state index contributed by atoms with van der Waals surface area (Å²) in [4.78, 5) is 0. The van der Waals surface area contributed by atoms with Crippen molar-refractivity contribution in [2.24, 2.45) is 0 Å². The van der Waals surface area contributed by atoms with E-state index in [9.17, 15) is 8.42 Å². The number of rotatable bonds is 5. The average Bonchev–Trinajstić information content (AvgIpc) is 2.77. The zero-order valence-electron chi connectivity index (χ0n) is 10.5. The van der Waals surface area contributed by atoms with E-state index in [2.05, 4.69) is 31.9 Å². The average molecular weight is 468 g/mol. The third-order valence-corrected chi connectivity index (χ3v) is 8.19. The number of alkyl halides is 1. The van der Waals surface area contributed by atoms with E-state index in [0.717, 1.165) is 29.5 Å². The van der Waals surface area contributed by atoms with Gasteiger partial charge in [0.15, 0.2) is 0 Å². The van der Waals surface area contributed by atoms with Crippen LogP contribution in [0.15, 0.2) is 14.1 Å². The smallest absolute Gasteiger partial charge is 0.252 e. The fraction of sp³-hybridized carbons (Fsp3) is 0.636. The van der Waals surface area contributed by atoms with E-state index in [1.54, 1.807) is 0 Å². The van der Waals surface area contributed by atoms with E-state index in [1.807, 2.05) is 0 Å². The SMILES string of the molecule is O=S(=O)(c1cc(Cl)c(Br)s1)N1CCC(OCCBr)CC1. The minimum Gasteiger partial charge on any atom is -0.377 e. The topological polar surface area (TPSA) is 46.6 Å². The molecule has 20 heavy (non-hydrogen) atoms. The van der Waals surface area contributed by atoms with Gasteiger partial charge in [-0.1, -0.05) is 27.5 Å². The molecule has 0 radical (unpaired) electrons. The first-order valence-corrected chi connectivity index (χ1v) is 10.6. The molecule has 114 valence electrons. The molecule has 0 aliphatic carbocycles. The highest BCUT2D eigenvalue weighted by Gasteiger charge is 2.31. The number of thiophene rings is 1. The van der Waals surface area contributed by atoms with Gasteiger partial charge in [0.2, 0.25) is 0 Å². The molecular weight excluding hydrogens is 454 g/mol. The van der Waals surface area contributed by atoms with Crippen molar-refractivity contribution < 1.29 is 13.2 Å². The Hall–Kier alpha value is 0.820. The summed E-state index contributed by atoms with van der Waals surface area (Å²) in [5.74, 6) is 0. The van der Waals surface area contributed by atoms with Crippen molar-refractivity contribution in [3.05, 3.63) is 14.9 Å². The Morgan fingerprint density at radius 3 is 2.60 bits per heavy atom. The number of ether oxygens (including phenoxy) is 1. The minimum absolute atomic E-state index is 0.151. The molecule has 0 unspecified atom stereocenters. The second kappa shape index (κ2) is 7.39. The molecule has 1 aromatic rings. The Morgan fingerprint density at radius 1 is 1.45 bits per heavy atom. The lowest BCUT2D eigenvalue weighted by atomic mass is 10.1. The summed E-state index contributed by atoms with van der Waals surface area (Å²) < 4.78 is 33.0. The van der Waals surface area contributed by atoms with Crippen LogP contribution in [0.3, 0.4) is 0 Å². The first-order chi connectivity index (χ1) is 9.45. The number of halogens is 3. The molecule has 0 atom stereocenters. The van der Waals surface area contributed by atoms with Crippen LogP contribution in [0, 0.1) is 0 Å². The molecule has 2 heterocycles. The Morgan fingerprint density at radius 2 is 2.10 bits per heavy atom. The van der Waals surface area contributed by atoms with Crippen LogP contribution in [0.4, 0.5) is 0 Å². The summed E-state index contributed by atoms with van der Waals surface area (Å²) >= 11 is 13.6. The van der Waals surface area contributed by atoms with Crippen LogP contribution in [0.25, 0.3) is 0 Å². The molecule has 0 saturated carbocycles. The molecular formula is C11H14Br2ClNO3S2. The molecule has 0 amide bonds. The number of hydrogen-bond donors (Lipinski definition) is 0. The van der Waals surface area contributed by atoms with Gasteiger partial charge < -0.3 is 4.74 Å². The Kier molecular flexibility index (Phi) is 6.35. The third-order valence-electron chi connectivity index (χ3n) is 3.05.